The lowest BCUT2D eigenvalue weighted by Crippen LogP contribution is -1.98. The number of ether oxygens (including phenoxy) is 1. The second-order valence-electron chi connectivity index (χ2n) is 4.67. The standard InChI is InChI=1S/C16H25O2/c17-13-7-3-9-15-18-14-8-2-6-12-16-10-4-1-5-11-16/h1,4-5,10-11H,2-3,6-9,12-15H2. The van der Waals surface area contributed by atoms with Crippen molar-refractivity contribution in [1.82, 2.24) is 0 Å². The molecule has 0 spiro atoms. The first kappa shape index (κ1) is 15.2. The molecule has 0 bridgehead atoms. The summed E-state index contributed by atoms with van der Waals surface area (Å²) in [6.45, 7) is 1.74. The van der Waals surface area contributed by atoms with Gasteiger partial charge in [0.1, 0.15) is 0 Å². The van der Waals surface area contributed by atoms with Gasteiger partial charge in [-0.15, -0.1) is 0 Å². The van der Waals surface area contributed by atoms with Crippen LogP contribution >= 0.6 is 0 Å². The van der Waals surface area contributed by atoms with Crippen LogP contribution in [-0.4, -0.2) is 19.8 Å². The minimum atomic E-state index is 0.0550. The molecule has 1 aromatic rings. The molecule has 0 saturated carbocycles. The molecule has 0 aromatic heterocycles. The molecule has 0 amide bonds. The zero-order valence-electron chi connectivity index (χ0n) is 11.3. The Bertz CT molecular complexity index is 272. The minimum Gasteiger partial charge on any atom is -0.381 e. The molecule has 1 rings (SSSR count). The van der Waals surface area contributed by atoms with Crippen molar-refractivity contribution in [1.29, 1.82) is 0 Å². The Kier molecular flexibility index (Phi) is 9.49. The van der Waals surface area contributed by atoms with Crippen molar-refractivity contribution >= 4 is 0 Å². The molecule has 101 valence electrons. The molecule has 0 atom stereocenters. The second kappa shape index (κ2) is 11.2. The normalized spacial score (nSPS) is 10.7. The van der Waals surface area contributed by atoms with Crippen LogP contribution in [0, 0.1) is 0 Å². The maximum atomic E-state index is 10.2. The Hall–Kier alpha value is -0.860. The first-order chi connectivity index (χ1) is 8.93. The lowest BCUT2D eigenvalue weighted by Gasteiger charge is -2.04. The Labute approximate surface area is 111 Å². The van der Waals surface area contributed by atoms with Crippen LogP contribution in [0.2, 0.25) is 0 Å². The summed E-state index contributed by atoms with van der Waals surface area (Å²) in [7, 11) is 0. The molecular weight excluding hydrogens is 224 g/mol. The van der Waals surface area contributed by atoms with E-state index in [0.717, 1.165) is 38.9 Å². The molecule has 0 aliphatic rings. The zero-order chi connectivity index (χ0) is 12.9. The van der Waals surface area contributed by atoms with Gasteiger partial charge in [-0.3, -0.25) is 0 Å². The van der Waals surface area contributed by atoms with Crippen molar-refractivity contribution in [3.63, 3.8) is 0 Å². The van der Waals surface area contributed by atoms with Crippen LogP contribution in [0.1, 0.15) is 44.1 Å². The van der Waals surface area contributed by atoms with Crippen LogP contribution in [0.25, 0.3) is 0 Å². The van der Waals surface area contributed by atoms with Crippen LogP contribution in [0.4, 0.5) is 0 Å². The number of aryl methyl sites for hydroxylation is 1. The molecule has 18 heavy (non-hydrogen) atoms. The van der Waals surface area contributed by atoms with Gasteiger partial charge in [0.25, 0.3) is 0 Å². The molecule has 0 heterocycles. The Morgan fingerprint density at radius 1 is 0.778 bits per heavy atom. The monoisotopic (exact) mass is 249 g/mol. The summed E-state index contributed by atoms with van der Waals surface area (Å²) in [5.41, 5.74) is 1.43. The summed E-state index contributed by atoms with van der Waals surface area (Å²) in [6, 6.07) is 10.6. The van der Waals surface area contributed by atoms with Crippen LogP contribution in [-0.2, 0) is 16.3 Å². The molecule has 2 nitrogen and oxygen atoms in total. The fourth-order valence-electron chi connectivity index (χ4n) is 1.94. The van der Waals surface area contributed by atoms with Crippen molar-refractivity contribution in [3.05, 3.63) is 35.9 Å². The van der Waals surface area contributed by atoms with E-state index in [1.54, 1.807) is 0 Å². The van der Waals surface area contributed by atoms with Crippen molar-refractivity contribution in [3.8, 4) is 0 Å². The van der Waals surface area contributed by atoms with Gasteiger partial charge in [-0.1, -0.05) is 36.8 Å². The topological polar surface area (TPSA) is 29.1 Å². The van der Waals surface area contributed by atoms with Crippen LogP contribution in [0.5, 0.6) is 0 Å². The summed E-state index contributed by atoms with van der Waals surface area (Å²) in [4.78, 5) is 0. The van der Waals surface area contributed by atoms with Gasteiger partial charge < -0.3 is 4.74 Å². The number of hydrogen-bond acceptors (Lipinski definition) is 1. The van der Waals surface area contributed by atoms with Crippen LogP contribution in [0.15, 0.2) is 30.3 Å². The SMILES string of the molecule is [O]CCCCCOCCCCCc1ccccc1. The molecule has 0 aliphatic carbocycles. The Morgan fingerprint density at radius 2 is 1.44 bits per heavy atom. The molecule has 0 fully saturated rings. The van der Waals surface area contributed by atoms with Crippen molar-refractivity contribution in [2.24, 2.45) is 0 Å². The van der Waals surface area contributed by atoms with Crippen LogP contribution in [0.3, 0.4) is 0 Å². The van der Waals surface area contributed by atoms with Crippen molar-refractivity contribution in [2.75, 3.05) is 19.8 Å². The molecule has 2 heteroatoms. The third kappa shape index (κ3) is 8.26. The molecule has 0 N–H and O–H groups in total. The minimum absolute atomic E-state index is 0.0550. The fraction of sp³-hybridized carbons (Fsp3) is 0.625. The van der Waals surface area contributed by atoms with E-state index < -0.39 is 0 Å². The van der Waals surface area contributed by atoms with Crippen molar-refractivity contribution < 1.29 is 9.84 Å². The molecular formula is C16H25O2. The average molecular weight is 249 g/mol. The summed E-state index contributed by atoms with van der Waals surface area (Å²) in [5, 5.41) is 10.2. The van der Waals surface area contributed by atoms with Gasteiger partial charge >= 0.3 is 0 Å². The lowest BCUT2D eigenvalue weighted by atomic mass is 10.1. The van der Waals surface area contributed by atoms with E-state index >= 15 is 0 Å². The Balaban J connectivity index is 1.82. The molecule has 1 aromatic carbocycles. The first-order valence-corrected chi connectivity index (χ1v) is 7.13. The highest BCUT2D eigenvalue weighted by molar-refractivity contribution is 5.14. The van der Waals surface area contributed by atoms with E-state index in [4.69, 9.17) is 4.74 Å². The highest BCUT2D eigenvalue weighted by atomic mass is 16.5. The predicted octanol–water partition coefficient (Wildman–Crippen LogP) is 4.02. The molecule has 0 saturated heterocycles. The van der Waals surface area contributed by atoms with Gasteiger partial charge in [-0.25, -0.2) is 5.11 Å². The quantitative estimate of drug-likeness (QED) is 0.545. The summed E-state index contributed by atoms with van der Waals surface area (Å²) in [5.74, 6) is 0. The van der Waals surface area contributed by atoms with E-state index in [9.17, 15) is 5.11 Å². The zero-order valence-corrected chi connectivity index (χ0v) is 11.3. The van der Waals surface area contributed by atoms with E-state index in [-0.39, 0.29) is 6.61 Å². The van der Waals surface area contributed by atoms with Gasteiger partial charge in [0.2, 0.25) is 0 Å². The van der Waals surface area contributed by atoms with E-state index in [2.05, 4.69) is 30.3 Å². The average Bonchev–Trinajstić information content (AvgIpc) is 2.42. The van der Waals surface area contributed by atoms with Gasteiger partial charge in [-0.2, -0.15) is 0 Å². The fourth-order valence-corrected chi connectivity index (χ4v) is 1.94. The number of hydrogen-bond donors (Lipinski definition) is 0. The first-order valence-electron chi connectivity index (χ1n) is 7.13. The number of rotatable bonds is 11. The third-order valence-corrected chi connectivity index (χ3v) is 3.03. The van der Waals surface area contributed by atoms with Gasteiger partial charge in [-0.05, 0) is 44.1 Å². The van der Waals surface area contributed by atoms with E-state index in [0.29, 0.717) is 0 Å². The van der Waals surface area contributed by atoms with Crippen molar-refractivity contribution in [2.45, 2.75) is 44.9 Å². The highest BCUT2D eigenvalue weighted by Gasteiger charge is 1.94. The number of benzene rings is 1. The van der Waals surface area contributed by atoms with E-state index in [1.165, 1.54) is 24.8 Å². The van der Waals surface area contributed by atoms with Gasteiger partial charge in [0.05, 0.1) is 6.61 Å². The smallest absolute Gasteiger partial charge is 0.0822 e. The van der Waals surface area contributed by atoms with Crippen LogP contribution < -0.4 is 0 Å². The largest absolute Gasteiger partial charge is 0.381 e. The molecule has 0 aliphatic heterocycles. The maximum absolute atomic E-state index is 10.2. The van der Waals surface area contributed by atoms with Gasteiger partial charge in [0, 0.05) is 13.2 Å². The third-order valence-electron chi connectivity index (χ3n) is 3.03. The number of unbranched alkanes of at least 4 members (excludes halogenated alkanes) is 4. The summed E-state index contributed by atoms with van der Waals surface area (Å²) in [6.07, 6.45) is 7.63. The summed E-state index contributed by atoms with van der Waals surface area (Å²) >= 11 is 0. The Morgan fingerprint density at radius 3 is 2.11 bits per heavy atom. The summed E-state index contributed by atoms with van der Waals surface area (Å²) < 4.78 is 5.53. The maximum Gasteiger partial charge on any atom is 0.0822 e. The highest BCUT2D eigenvalue weighted by Crippen LogP contribution is 2.06. The predicted molar refractivity (Wildman–Crippen MR) is 74.2 cm³/mol. The van der Waals surface area contributed by atoms with Gasteiger partial charge in [0.15, 0.2) is 0 Å². The van der Waals surface area contributed by atoms with E-state index in [1.807, 2.05) is 0 Å². The molecule has 1 radical (unpaired) electrons. The second-order valence-corrected chi connectivity index (χ2v) is 4.67. The molecule has 0 unspecified atom stereocenters. The lowest BCUT2D eigenvalue weighted by molar-refractivity contribution is 0.121.